The highest BCUT2D eigenvalue weighted by atomic mass is 16.5. The predicted octanol–water partition coefficient (Wildman–Crippen LogP) is 2.58. The first-order valence-corrected chi connectivity index (χ1v) is 10.6. The van der Waals surface area contributed by atoms with E-state index >= 15 is 0 Å². The molecule has 1 heterocycles. The molecule has 0 saturated carbocycles. The van der Waals surface area contributed by atoms with Gasteiger partial charge in [0, 0.05) is 33.2 Å². The summed E-state index contributed by atoms with van der Waals surface area (Å²) in [4.78, 5) is 9.32. The number of aliphatic imine (C=N–C) groups is 1. The number of rotatable bonds is 8. The summed E-state index contributed by atoms with van der Waals surface area (Å²) in [6.07, 6.45) is 1.25. The van der Waals surface area contributed by atoms with Crippen molar-refractivity contribution in [3.8, 4) is 5.75 Å². The molecule has 0 aliphatic carbocycles. The van der Waals surface area contributed by atoms with E-state index in [1.807, 2.05) is 19.2 Å². The van der Waals surface area contributed by atoms with Gasteiger partial charge in [0.15, 0.2) is 5.96 Å². The van der Waals surface area contributed by atoms with Gasteiger partial charge >= 0.3 is 0 Å². The van der Waals surface area contributed by atoms with Crippen molar-refractivity contribution in [1.29, 1.82) is 0 Å². The minimum Gasteiger partial charge on any atom is -0.493 e. The fraction of sp³-hybridized carbons (Fsp3) is 0.682. The third-order valence-corrected chi connectivity index (χ3v) is 5.07. The zero-order valence-corrected chi connectivity index (χ0v) is 18.4. The summed E-state index contributed by atoms with van der Waals surface area (Å²) in [6, 6.07) is 8.50. The van der Waals surface area contributed by atoms with Crippen LogP contribution in [0, 0.1) is 5.92 Å². The van der Waals surface area contributed by atoms with Crippen LogP contribution in [-0.4, -0.2) is 75.7 Å². The second-order valence-corrected chi connectivity index (χ2v) is 8.14. The normalized spacial score (nSPS) is 18.0. The SMILES string of the molecule is CN=C(NCCN1CCCN(C)CC1)NC(C)c1ccc(OCC(C)C)cc1. The number of hydrogen-bond donors (Lipinski definition) is 2. The summed E-state index contributed by atoms with van der Waals surface area (Å²) in [6.45, 7) is 13.8. The van der Waals surface area contributed by atoms with Gasteiger partial charge in [-0.3, -0.25) is 4.99 Å². The van der Waals surface area contributed by atoms with E-state index in [9.17, 15) is 0 Å². The fourth-order valence-electron chi connectivity index (χ4n) is 3.25. The Morgan fingerprint density at radius 2 is 1.86 bits per heavy atom. The molecule has 1 saturated heterocycles. The second-order valence-electron chi connectivity index (χ2n) is 8.14. The summed E-state index contributed by atoms with van der Waals surface area (Å²) in [5.74, 6) is 2.31. The molecule has 6 heteroatoms. The lowest BCUT2D eigenvalue weighted by Crippen LogP contribution is -2.43. The van der Waals surface area contributed by atoms with E-state index in [0.717, 1.165) is 44.5 Å². The standard InChI is InChI=1S/C22H39N5O/c1-18(2)17-28-21-9-7-20(8-10-21)19(3)25-22(23-4)24-11-14-27-13-6-12-26(5)15-16-27/h7-10,18-19H,6,11-17H2,1-5H3,(H2,23,24,25). The van der Waals surface area contributed by atoms with Crippen LogP contribution in [0.4, 0.5) is 0 Å². The van der Waals surface area contributed by atoms with E-state index in [-0.39, 0.29) is 6.04 Å². The van der Waals surface area contributed by atoms with Gasteiger partial charge in [0.1, 0.15) is 5.75 Å². The van der Waals surface area contributed by atoms with E-state index in [2.05, 4.69) is 65.4 Å². The Morgan fingerprint density at radius 1 is 1.11 bits per heavy atom. The Labute approximate surface area is 171 Å². The van der Waals surface area contributed by atoms with Crippen molar-refractivity contribution in [3.63, 3.8) is 0 Å². The summed E-state index contributed by atoms with van der Waals surface area (Å²) in [7, 11) is 4.03. The number of nitrogens with zero attached hydrogens (tertiary/aromatic N) is 3. The van der Waals surface area contributed by atoms with Crippen LogP contribution < -0.4 is 15.4 Å². The maximum atomic E-state index is 5.77. The predicted molar refractivity (Wildman–Crippen MR) is 118 cm³/mol. The van der Waals surface area contributed by atoms with E-state index in [1.54, 1.807) is 0 Å². The zero-order chi connectivity index (χ0) is 20.4. The van der Waals surface area contributed by atoms with Crippen LogP contribution in [0.1, 0.15) is 38.8 Å². The van der Waals surface area contributed by atoms with Crippen LogP contribution >= 0.6 is 0 Å². The van der Waals surface area contributed by atoms with Gasteiger partial charge in [0.25, 0.3) is 0 Å². The Morgan fingerprint density at radius 3 is 2.54 bits per heavy atom. The van der Waals surface area contributed by atoms with E-state index < -0.39 is 0 Å². The van der Waals surface area contributed by atoms with Crippen LogP contribution in [0.2, 0.25) is 0 Å². The largest absolute Gasteiger partial charge is 0.493 e. The first-order valence-electron chi connectivity index (χ1n) is 10.6. The molecule has 2 N–H and O–H groups in total. The summed E-state index contributed by atoms with van der Waals surface area (Å²) < 4.78 is 5.77. The lowest BCUT2D eigenvalue weighted by atomic mass is 10.1. The Balaban J connectivity index is 1.75. The van der Waals surface area contributed by atoms with Crippen molar-refractivity contribution in [2.75, 3.05) is 60.0 Å². The Bertz CT molecular complexity index is 587. The smallest absolute Gasteiger partial charge is 0.191 e. The molecular formula is C22H39N5O. The number of likely N-dealkylation sites (N-methyl/N-ethyl adjacent to an activating group) is 1. The van der Waals surface area contributed by atoms with Crippen molar-refractivity contribution < 1.29 is 4.74 Å². The number of hydrogen-bond acceptors (Lipinski definition) is 4. The fourth-order valence-corrected chi connectivity index (χ4v) is 3.25. The summed E-state index contributed by atoms with van der Waals surface area (Å²) in [5.41, 5.74) is 1.22. The molecule has 0 bridgehead atoms. The second kappa shape index (κ2) is 11.9. The number of benzene rings is 1. The average Bonchev–Trinajstić information content (AvgIpc) is 2.90. The average molecular weight is 390 g/mol. The number of guanidine groups is 1. The third kappa shape index (κ3) is 8.07. The molecule has 0 amide bonds. The van der Waals surface area contributed by atoms with E-state index in [4.69, 9.17) is 4.74 Å². The number of ether oxygens (including phenoxy) is 1. The van der Waals surface area contributed by atoms with Crippen LogP contribution in [0.3, 0.4) is 0 Å². The molecule has 1 fully saturated rings. The van der Waals surface area contributed by atoms with Crippen LogP contribution in [0.5, 0.6) is 5.75 Å². The van der Waals surface area contributed by atoms with Gasteiger partial charge in [-0.15, -0.1) is 0 Å². The quantitative estimate of drug-likeness (QED) is 0.529. The lowest BCUT2D eigenvalue weighted by Gasteiger charge is -2.22. The monoisotopic (exact) mass is 389 g/mol. The van der Waals surface area contributed by atoms with Crippen LogP contribution in [-0.2, 0) is 0 Å². The molecule has 0 radical (unpaired) electrons. The van der Waals surface area contributed by atoms with Gasteiger partial charge in [0.2, 0.25) is 0 Å². The van der Waals surface area contributed by atoms with Gasteiger partial charge in [0.05, 0.1) is 12.6 Å². The van der Waals surface area contributed by atoms with Crippen molar-refractivity contribution in [2.24, 2.45) is 10.9 Å². The van der Waals surface area contributed by atoms with E-state index in [1.165, 1.54) is 25.1 Å². The van der Waals surface area contributed by atoms with Crippen molar-refractivity contribution in [3.05, 3.63) is 29.8 Å². The Hall–Kier alpha value is -1.79. The van der Waals surface area contributed by atoms with E-state index in [0.29, 0.717) is 5.92 Å². The molecule has 0 spiro atoms. The molecule has 1 atom stereocenters. The highest BCUT2D eigenvalue weighted by molar-refractivity contribution is 5.80. The third-order valence-electron chi connectivity index (χ3n) is 5.07. The topological polar surface area (TPSA) is 52.1 Å². The molecule has 1 aromatic rings. The van der Waals surface area contributed by atoms with Gasteiger partial charge in [-0.2, -0.15) is 0 Å². The number of nitrogens with one attached hydrogen (secondary N) is 2. The molecule has 1 unspecified atom stereocenters. The van der Waals surface area contributed by atoms with Crippen LogP contribution in [0.15, 0.2) is 29.3 Å². The highest BCUT2D eigenvalue weighted by Gasteiger charge is 2.12. The maximum Gasteiger partial charge on any atom is 0.191 e. The Kier molecular flexibility index (Phi) is 9.58. The molecular weight excluding hydrogens is 350 g/mol. The van der Waals surface area contributed by atoms with Crippen LogP contribution in [0.25, 0.3) is 0 Å². The molecule has 1 aliphatic heterocycles. The molecule has 28 heavy (non-hydrogen) atoms. The minimum atomic E-state index is 0.178. The maximum absolute atomic E-state index is 5.77. The lowest BCUT2D eigenvalue weighted by molar-refractivity contribution is 0.271. The zero-order valence-electron chi connectivity index (χ0n) is 18.4. The van der Waals surface area contributed by atoms with Crippen molar-refractivity contribution >= 4 is 5.96 Å². The molecule has 158 valence electrons. The van der Waals surface area contributed by atoms with Crippen molar-refractivity contribution in [2.45, 2.75) is 33.2 Å². The highest BCUT2D eigenvalue weighted by Crippen LogP contribution is 2.18. The molecule has 2 rings (SSSR count). The van der Waals surface area contributed by atoms with Gasteiger partial charge in [-0.05, 0) is 57.1 Å². The van der Waals surface area contributed by atoms with Gasteiger partial charge in [-0.25, -0.2) is 0 Å². The van der Waals surface area contributed by atoms with Gasteiger partial charge < -0.3 is 25.2 Å². The summed E-state index contributed by atoms with van der Waals surface area (Å²) >= 11 is 0. The van der Waals surface area contributed by atoms with Gasteiger partial charge in [-0.1, -0.05) is 26.0 Å². The first kappa shape index (κ1) is 22.5. The first-order chi connectivity index (χ1) is 13.5. The minimum absolute atomic E-state index is 0.178. The van der Waals surface area contributed by atoms with Crippen molar-refractivity contribution in [1.82, 2.24) is 20.4 Å². The molecule has 1 aromatic carbocycles. The molecule has 0 aromatic heterocycles. The summed E-state index contributed by atoms with van der Waals surface area (Å²) in [5, 5.41) is 6.93. The molecule has 1 aliphatic rings. The molecule has 6 nitrogen and oxygen atoms in total.